The van der Waals surface area contributed by atoms with Gasteiger partial charge in [-0.3, -0.25) is 14.8 Å². The first-order chi connectivity index (χ1) is 11.8. The Morgan fingerprint density at radius 1 is 1.32 bits per heavy atom. The molecule has 0 fully saturated rings. The molecule has 1 heterocycles. The van der Waals surface area contributed by atoms with Crippen LogP contribution in [-0.4, -0.2) is 24.7 Å². The summed E-state index contributed by atoms with van der Waals surface area (Å²) in [5, 5.41) is 2.42. The number of alkyl halides is 3. The number of halogens is 3. The van der Waals surface area contributed by atoms with E-state index in [-0.39, 0.29) is 22.6 Å². The van der Waals surface area contributed by atoms with Gasteiger partial charge < -0.3 is 10.1 Å². The summed E-state index contributed by atoms with van der Waals surface area (Å²) < 4.78 is 44.5. The minimum absolute atomic E-state index is 0.0364. The van der Waals surface area contributed by atoms with Gasteiger partial charge in [-0.2, -0.15) is 13.2 Å². The quantitative estimate of drug-likeness (QED) is 0.656. The van der Waals surface area contributed by atoms with Gasteiger partial charge in [0.05, 0.1) is 24.4 Å². The minimum atomic E-state index is -4.59. The van der Waals surface area contributed by atoms with Gasteiger partial charge in [0, 0.05) is 23.6 Å². The lowest BCUT2D eigenvalue weighted by molar-refractivity contribution is -0.137. The van der Waals surface area contributed by atoms with Crippen LogP contribution in [0.5, 0.6) is 0 Å². The van der Waals surface area contributed by atoms with E-state index in [1.165, 1.54) is 37.8 Å². The second-order valence-corrected chi connectivity index (χ2v) is 4.87. The number of nitrogens with zero attached hydrogens (tertiary/aromatic N) is 2. The molecule has 0 atom stereocenters. The Morgan fingerprint density at radius 2 is 2.08 bits per heavy atom. The number of hydrogen-bond acceptors (Lipinski definition) is 4. The number of anilines is 1. The molecule has 1 amide bonds. The van der Waals surface area contributed by atoms with Crippen molar-refractivity contribution >= 4 is 24.1 Å². The van der Waals surface area contributed by atoms with Crippen LogP contribution in [0.15, 0.2) is 53.9 Å². The van der Waals surface area contributed by atoms with E-state index in [9.17, 15) is 18.0 Å². The molecule has 0 aliphatic heterocycles. The van der Waals surface area contributed by atoms with Gasteiger partial charge in [0.2, 0.25) is 0 Å². The Balaban J connectivity index is 2.45. The molecule has 2 aromatic rings. The van der Waals surface area contributed by atoms with E-state index in [4.69, 9.17) is 4.74 Å². The molecule has 2 rings (SSSR count). The number of carbonyl (C=O) groups excluding carboxylic acids is 1. The highest BCUT2D eigenvalue weighted by atomic mass is 19.4. The molecule has 0 aliphatic carbocycles. The zero-order chi connectivity index (χ0) is 18.4. The number of hydrogen-bond donors (Lipinski definition) is 1. The number of aromatic nitrogens is 1. The van der Waals surface area contributed by atoms with Crippen LogP contribution in [0, 0.1) is 0 Å². The van der Waals surface area contributed by atoms with E-state index in [0.717, 1.165) is 12.1 Å². The number of pyridine rings is 1. The Bertz CT molecular complexity index is 803. The van der Waals surface area contributed by atoms with Gasteiger partial charge in [-0.05, 0) is 37.0 Å². The minimum Gasteiger partial charge on any atom is -0.495 e. The third kappa shape index (κ3) is 4.66. The molecule has 0 saturated carbocycles. The zero-order valence-electron chi connectivity index (χ0n) is 13.2. The highest BCUT2D eigenvalue weighted by molar-refractivity contribution is 6.04. The van der Waals surface area contributed by atoms with Crippen LogP contribution in [0.3, 0.4) is 0 Å². The molecule has 130 valence electrons. The molecule has 0 saturated heterocycles. The van der Waals surface area contributed by atoms with Crippen LogP contribution in [0.4, 0.5) is 18.9 Å². The van der Waals surface area contributed by atoms with E-state index in [1.54, 1.807) is 6.07 Å². The van der Waals surface area contributed by atoms with Crippen molar-refractivity contribution in [1.29, 1.82) is 0 Å². The number of methoxy groups -OCH3 is 1. The van der Waals surface area contributed by atoms with Crippen LogP contribution in [-0.2, 0) is 10.9 Å². The lowest BCUT2D eigenvalue weighted by Crippen LogP contribution is -2.14. The summed E-state index contributed by atoms with van der Waals surface area (Å²) in [6.07, 6.45) is -0.616. The molecule has 0 aliphatic rings. The summed E-state index contributed by atoms with van der Waals surface area (Å²) in [4.78, 5) is 19.4. The van der Waals surface area contributed by atoms with Gasteiger partial charge in [-0.15, -0.1) is 0 Å². The number of ether oxygens (including phenoxy) is 1. The number of nitrogens with one attached hydrogen (secondary N) is 1. The normalized spacial score (nSPS) is 11.8. The first-order valence-electron chi connectivity index (χ1n) is 6.99. The molecular weight excluding hydrogens is 335 g/mol. The topological polar surface area (TPSA) is 63.6 Å². The van der Waals surface area contributed by atoms with Crippen molar-refractivity contribution in [2.24, 2.45) is 4.99 Å². The summed E-state index contributed by atoms with van der Waals surface area (Å²) in [5.74, 6) is -0.499. The lowest BCUT2D eigenvalue weighted by atomic mass is 10.1. The first kappa shape index (κ1) is 18.2. The second kappa shape index (κ2) is 7.61. The largest absolute Gasteiger partial charge is 0.495 e. The van der Waals surface area contributed by atoms with Gasteiger partial charge in [0.25, 0.3) is 5.91 Å². The molecule has 25 heavy (non-hydrogen) atoms. The van der Waals surface area contributed by atoms with E-state index in [1.807, 2.05) is 0 Å². The third-order valence-electron chi connectivity index (χ3n) is 3.15. The Labute approximate surface area is 141 Å². The van der Waals surface area contributed by atoms with Gasteiger partial charge >= 0.3 is 6.18 Å². The van der Waals surface area contributed by atoms with Crippen LogP contribution >= 0.6 is 0 Å². The maximum Gasteiger partial charge on any atom is 0.416 e. The molecule has 0 unspecified atom stereocenters. The number of benzene rings is 1. The summed E-state index contributed by atoms with van der Waals surface area (Å²) >= 11 is 0. The van der Waals surface area contributed by atoms with E-state index < -0.39 is 17.6 Å². The molecule has 1 aromatic carbocycles. The van der Waals surface area contributed by atoms with Crippen molar-refractivity contribution in [2.45, 2.75) is 6.18 Å². The van der Waals surface area contributed by atoms with Gasteiger partial charge in [-0.25, -0.2) is 0 Å². The van der Waals surface area contributed by atoms with Crippen molar-refractivity contribution in [2.75, 3.05) is 12.4 Å². The molecule has 1 N–H and O–H groups in total. The predicted octanol–water partition coefficient (Wildman–Crippen LogP) is 4.00. The van der Waals surface area contributed by atoms with Crippen LogP contribution < -0.4 is 5.32 Å². The zero-order valence-corrected chi connectivity index (χ0v) is 13.2. The number of rotatable bonds is 5. The SMILES string of the molecule is C=N/C=C(\OC)c1cc(NC(=O)c2cccnc2)cc(C(F)(F)F)c1. The Hall–Kier alpha value is -3.16. The number of aliphatic imine (C=N–C) groups is 1. The molecule has 8 heteroatoms. The van der Waals surface area contributed by atoms with Crippen molar-refractivity contribution in [1.82, 2.24) is 4.98 Å². The Morgan fingerprint density at radius 3 is 2.64 bits per heavy atom. The number of amides is 1. The van der Waals surface area contributed by atoms with Gasteiger partial charge in [-0.1, -0.05) is 0 Å². The van der Waals surface area contributed by atoms with Crippen molar-refractivity contribution < 1.29 is 22.7 Å². The standard InChI is InChI=1S/C17H14F3N3O2/c1-21-10-15(25-2)12-6-13(17(18,19)20)8-14(7-12)23-16(24)11-4-3-5-22-9-11/h3-10H,1H2,2H3,(H,23,24)/b15-10-. The highest BCUT2D eigenvalue weighted by Crippen LogP contribution is 2.34. The van der Waals surface area contributed by atoms with E-state index in [2.05, 4.69) is 22.0 Å². The monoisotopic (exact) mass is 349 g/mol. The van der Waals surface area contributed by atoms with E-state index in [0.29, 0.717) is 0 Å². The summed E-state index contributed by atoms with van der Waals surface area (Å²) in [6, 6.07) is 6.14. The van der Waals surface area contributed by atoms with E-state index >= 15 is 0 Å². The van der Waals surface area contributed by atoms with Crippen LogP contribution in [0.25, 0.3) is 5.76 Å². The molecule has 0 radical (unpaired) electrons. The molecular formula is C17H14F3N3O2. The maximum absolute atomic E-state index is 13.1. The molecule has 0 spiro atoms. The average molecular weight is 349 g/mol. The van der Waals surface area contributed by atoms with Crippen molar-refractivity contribution in [3.63, 3.8) is 0 Å². The van der Waals surface area contributed by atoms with Crippen LogP contribution in [0.2, 0.25) is 0 Å². The molecule has 0 bridgehead atoms. The van der Waals surface area contributed by atoms with Crippen molar-refractivity contribution in [3.8, 4) is 0 Å². The second-order valence-electron chi connectivity index (χ2n) is 4.87. The average Bonchev–Trinajstić information content (AvgIpc) is 2.59. The molecule has 5 nitrogen and oxygen atoms in total. The predicted molar refractivity (Wildman–Crippen MR) is 88.2 cm³/mol. The summed E-state index contributed by atoms with van der Waals surface area (Å²) in [5.41, 5.74) is -0.646. The van der Waals surface area contributed by atoms with Crippen LogP contribution in [0.1, 0.15) is 21.5 Å². The van der Waals surface area contributed by atoms with Crippen molar-refractivity contribution in [3.05, 3.63) is 65.6 Å². The Kier molecular flexibility index (Phi) is 5.53. The lowest BCUT2D eigenvalue weighted by Gasteiger charge is -2.14. The fourth-order valence-corrected chi connectivity index (χ4v) is 2.03. The summed E-state index contributed by atoms with van der Waals surface area (Å²) in [7, 11) is 1.30. The highest BCUT2D eigenvalue weighted by Gasteiger charge is 2.31. The number of carbonyl (C=O) groups is 1. The fourth-order valence-electron chi connectivity index (χ4n) is 2.03. The first-order valence-corrected chi connectivity index (χ1v) is 6.99. The summed E-state index contributed by atoms with van der Waals surface area (Å²) in [6.45, 7) is 3.25. The van der Waals surface area contributed by atoms with Gasteiger partial charge in [0.1, 0.15) is 5.76 Å². The fraction of sp³-hybridized carbons (Fsp3) is 0.118. The molecule has 1 aromatic heterocycles. The third-order valence-corrected chi connectivity index (χ3v) is 3.15. The van der Waals surface area contributed by atoms with Gasteiger partial charge in [0.15, 0.2) is 0 Å². The smallest absolute Gasteiger partial charge is 0.416 e. The maximum atomic E-state index is 13.1.